The fraction of sp³-hybridized carbons (Fsp3) is 0.462. The highest BCUT2D eigenvalue weighted by atomic mass is 16.5. The van der Waals surface area contributed by atoms with Gasteiger partial charge in [-0.15, -0.1) is 0 Å². The maximum atomic E-state index is 11.4. The SMILES string of the molecule is [O][C@H]1CCC[C@@H]1NC(=O)OCc1ccccc1. The van der Waals surface area contributed by atoms with Crippen molar-refractivity contribution in [2.24, 2.45) is 0 Å². The average molecular weight is 234 g/mol. The van der Waals surface area contributed by atoms with E-state index >= 15 is 0 Å². The highest BCUT2D eigenvalue weighted by Gasteiger charge is 2.28. The first-order chi connectivity index (χ1) is 8.25. The molecule has 1 aliphatic carbocycles. The molecule has 1 radical (unpaired) electrons. The van der Waals surface area contributed by atoms with Crippen LogP contribution in [0.3, 0.4) is 0 Å². The molecule has 0 bridgehead atoms. The first-order valence-corrected chi connectivity index (χ1v) is 5.89. The molecule has 1 aliphatic rings. The summed E-state index contributed by atoms with van der Waals surface area (Å²) in [5.41, 5.74) is 0.938. The number of rotatable bonds is 3. The van der Waals surface area contributed by atoms with Crippen LogP contribution in [0.25, 0.3) is 0 Å². The summed E-state index contributed by atoms with van der Waals surface area (Å²) in [5, 5.41) is 14.0. The van der Waals surface area contributed by atoms with Crippen molar-refractivity contribution in [2.75, 3.05) is 0 Å². The van der Waals surface area contributed by atoms with Crippen molar-refractivity contribution in [2.45, 2.75) is 38.0 Å². The van der Waals surface area contributed by atoms with E-state index in [9.17, 15) is 9.90 Å². The Morgan fingerprint density at radius 3 is 2.71 bits per heavy atom. The maximum Gasteiger partial charge on any atom is 0.407 e. The van der Waals surface area contributed by atoms with E-state index in [1.807, 2.05) is 30.3 Å². The Morgan fingerprint density at radius 2 is 2.06 bits per heavy atom. The van der Waals surface area contributed by atoms with E-state index in [0.29, 0.717) is 6.42 Å². The van der Waals surface area contributed by atoms with Crippen LogP contribution in [0.5, 0.6) is 0 Å². The Kier molecular flexibility index (Phi) is 3.98. The Labute approximate surface area is 101 Å². The zero-order valence-electron chi connectivity index (χ0n) is 9.59. The van der Waals surface area contributed by atoms with Crippen molar-refractivity contribution in [3.05, 3.63) is 35.9 Å². The van der Waals surface area contributed by atoms with Crippen LogP contribution in [0, 0.1) is 0 Å². The Bertz CT molecular complexity index is 366. The van der Waals surface area contributed by atoms with Crippen molar-refractivity contribution in [3.8, 4) is 0 Å². The van der Waals surface area contributed by atoms with Gasteiger partial charge in [-0.25, -0.2) is 9.90 Å². The third-order valence-electron chi connectivity index (χ3n) is 2.97. The van der Waals surface area contributed by atoms with Gasteiger partial charge in [-0.05, 0) is 24.8 Å². The van der Waals surface area contributed by atoms with E-state index in [2.05, 4.69) is 5.32 Å². The van der Waals surface area contributed by atoms with Crippen LogP contribution in [-0.4, -0.2) is 18.2 Å². The Morgan fingerprint density at radius 1 is 1.29 bits per heavy atom. The lowest BCUT2D eigenvalue weighted by molar-refractivity contribution is 0.0647. The summed E-state index contributed by atoms with van der Waals surface area (Å²) in [5.74, 6) is 0. The zero-order chi connectivity index (χ0) is 12.1. The van der Waals surface area contributed by atoms with Gasteiger partial charge in [0.1, 0.15) is 12.7 Å². The second-order valence-corrected chi connectivity index (χ2v) is 4.28. The molecule has 17 heavy (non-hydrogen) atoms. The van der Waals surface area contributed by atoms with Crippen molar-refractivity contribution >= 4 is 6.09 Å². The first kappa shape index (κ1) is 11.9. The van der Waals surface area contributed by atoms with Crippen molar-refractivity contribution < 1.29 is 14.6 Å². The molecule has 91 valence electrons. The zero-order valence-corrected chi connectivity index (χ0v) is 9.59. The van der Waals surface area contributed by atoms with Gasteiger partial charge in [-0.1, -0.05) is 30.3 Å². The summed E-state index contributed by atoms with van der Waals surface area (Å²) < 4.78 is 5.05. The normalized spacial score (nSPS) is 23.4. The van der Waals surface area contributed by atoms with E-state index in [1.165, 1.54) is 0 Å². The number of carbonyl (C=O) groups excluding carboxylic acids is 1. The van der Waals surface area contributed by atoms with Gasteiger partial charge in [0.05, 0.1) is 6.04 Å². The predicted molar refractivity (Wildman–Crippen MR) is 61.9 cm³/mol. The largest absolute Gasteiger partial charge is 0.445 e. The van der Waals surface area contributed by atoms with E-state index in [1.54, 1.807) is 0 Å². The van der Waals surface area contributed by atoms with Crippen LogP contribution in [0.15, 0.2) is 30.3 Å². The predicted octanol–water partition coefficient (Wildman–Crippen LogP) is 2.26. The summed E-state index contributed by atoms with van der Waals surface area (Å²) in [7, 11) is 0. The highest BCUT2D eigenvalue weighted by molar-refractivity contribution is 5.67. The van der Waals surface area contributed by atoms with Crippen LogP contribution in [0.4, 0.5) is 4.79 Å². The average Bonchev–Trinajstić information content (AvgIpc) is 2.74. The summed E-state index contributed by atoms with van der Waals surface area (Å²) in [6.07, 6.45) is 1.11. The van der Waals surface area contributed by atoms with E-state index in [-0.39, 0.29) is 12.6 Å². The van der Waals surface area contributed by atoms with Crippen LogP contribution in [0.2, 0.25) is 0 Å². The number of carbonyl (C=O) groups is 1. The molecule has 4 heteroatoms. The minimum atomic E-state index is -0.681. The Balaban J connectivity index is 1.74. The molecule has 1 saturated carbocycles. The topological polar surface area (TPSA) is 58.2 Å². The molecular formula is C13H16NO3. The molecule has 2 rings (SSSR count). The number of hydrogen-bond acceptors (Lipinski definition) is 2. The molecule has 2 atom stereocenters. The maximum absolute atomic E-state index is 11.4. The van der Waals surface area contributed by atoms with Gasteiger partial charge in [0.15, 0.2) is 0 Å². The monoisotopic (exact) mass is 234 g/mol. The van der Waals surface area contributed by atoms with E-state index in [0.717, 1.165) is 18.4 Å². The van der Waals surface area contributed by atoms with E-state index in [4.69, 9.17) is 4.74 Å². The molecule has 1 N–H and O–H groups in total. The number of benzene rings is 1. The second-order valence-electron chi connectivity index (χ2n) is 4.28. The molecule has 0 aliphatic heterocycles. The van der Waals surface area contributed by atoms with Gasteiger partial charge in [-0.2, -0.15) is 0 Å². The molecule has 1 amide bonds. The fourth-order valence-electron chi connectivity index (χ4n) is 2.01. The minimum absolute atomic E-state index is 0.239. The van der Waals surface area contributed by atoms with Crippen LogP contribution < -0.4 is 5.32 Å². The molecule has 1 aromatic carbocycles. The van der Waals surface area contributed by atoms with Gasteiger partial charge in [0.2, 0.25) is 0 Å². The van der Waals surface area contributed by atoms with Crippen molar-refractivity contribution in [3.63, 3.8) is 0 Å². The highest BCUT2D eigenvalue weighted by Crippen LogP contribution is 2.19. The van der Waals surface area contributed by atoms with Crippen LogP contribution in [-0.2, 0) is 16.5 Å². The van der Waals surface area contributed by atoms with Gasteiger partial charge in [0, 0.05) is 0 Å². The van der Waals surface area contributed by atoms with Crippen molar-refractivity contribution in [1.82, 2.24) is 5.32 Å². The number of amides is 1. The van der Waals surface area contributed by atoms with Gasteiger partial charge in [0.25, 0.3) is 0 Å². The molecule has 4 nitrogen and oxygen atoms in total. The molecule has 1 aromatic rings. The van der Waals surface area contributed by atoms with Gasteiger partial charge < -0.3 is 10.1 Å². The summed E-state index contributed by atoms with van der Waals surface area (Å²) in [6.45, 7) is 0.239. The second kappa shape index (κ2) is 5.68. The van der Waals surface area contributed by atoms with Crippen LogP contribution in [0.1, 0.15) is 24.8 Å². The quantitative estimate of drug-likeness (QED) is 0.872. The summed E-state index contributed by atoms with van der Waals surface area (Å²) in [6, 6.07) is 9.20. The fourth-order valence-corrected chi connectivity index (χ4v) is 2.01. The molecule has 0 saturated heterocycles. The van der Waals surface area contributed by atoms with Gasteiger partial charge in [-0.3, -0.25) is 0 Å². The molecule has 0 unspecified atom stereocenters. The number of nitrogens with one attached hydrogen (secondary N) is 1. The molecule has 0 heterocycles. The summed E-state index contributed by atoms with van der Waals surface area (Å²) >= 11 is 0. The lowest BCUT2D eigenvalue weighted by atomic mass is 10.2. The number of alkyl carbamates (subject to hydrolysis) is 1. The molecule has 1 fully saturated rings. The minimum Gasteiger partial charge on any atom is -0.445 e. The van der Waals surface area contributed by atoms with Crippen molar-refractivity contribution in [1.29, 1.82) is 0 Å². The third-order valence-corrected chi connectivity index (χ3v) is 2.97. The summed E-state index contributed by atoms with van der Waals surface area (Å²) in [4.78, 5) is 11.4. The van der Waals surface area contributed by atoms with Gasteiger partial charge >= 0.3 is 6.09 Å². The smallest absolute Gasteiger partial charge is 0.407 e. The Hall–Kier alpha value is -1.55. The third kappa shape index (κ3) is 3.46. The van der Waals surface area contributed by atoms with Crippen LogP contribution >= 0.6 is 0 Å². The number of hydrogen-bond donors (Lipinski definition) is 1. The lowest BCUT2D eigenvalue weighted by Gasteiger charge is -2.14. The molecule has 0 aromatic heterocycles. The van der Waals surface area contributed by atoms with E-state index < -0.39 is 12.2 Å². The standard InChI is InChI=1S/C13H16NO3/c15-12-8-4-7-11(12)14-13(16)17-9-10-5-2-1-3-6-10/h1-3,5-6,11-12H,4,7-9H2,(H,14,16)/t11-,12-/m0/s1. The lowest BCUT2D eigenvalue weighted by Crippen LogP contribution is -2.39. The molecule has 0 spiro atoms. The number of ether oxygens (including phenoxy) is 1. The first-order valence-electron chi connectivity index (χ1n) is 5.89. The molecular weight excluding hydrogens is 218 g/mol.